The van der Waals surface area contributed by atoms with Gasteiger partial charge in [0.1, 0.15) is 5.78 Å². The number of amides is 1. The normalized spacial score (nSPS) is 24.0. The van der Waals surface area contributed by atoms with Gasteiger partial charge in [-0.05, 0) is 48.6 Å². The molecule has 36 heavy (non-hydrogen) atoms. The summed E-state index contributed by atoms with van der Waals surface area (Å²) in [6.07, 6.45) is 21.1. The molecule has 0 bridgehead atoms. The van der Waals surface area contributed by atoms with Gasteiger partial charge < -0.3 is 10.6 Å². The number of nitrogens with two attached hydrogens (primary N) is 1. The van der Waals surface area contributed by atoms with E-state index in [0.717, 1.165) is 38.8 Å². The van der Waals surface area contributed by atoms with Crippen molar-refractivity contribution in [3.8, 4) is 0 Å². The maximum absolute atomic E-state index is 13.9. The second kappa shape index (κ2) is 11.6. The maximum Gasteiger partial charge on any atom is 0.226 e. The number of hydrogen-bond acceptors (Lipinski definition) is 3. The molecule has 1 saturated heterocycles. The molecule has 4 nitrogen and oxygen atoms in total. The van der Waals surface area contributed by atoms with E-state index in [4.69, 9.17) is 5.73 Å². The molecule has 3 fully saturated rings. The molecule has 1 aromatic carbocycles. The average molecular weight is 491 g/mol. The first-order chi connectivity index (χ1) is 17.5. The third-order valence-corrected chi connectivity index (χ3v) is 9.91. The predicted molar refractivity (Wildman–Crippen MR) is 146 cm³/mol. The summed E-state index contributed by atoms with van der Waals surface area (Å²) in [5.41, 5.74) is 9.26. The lowest BCUT2D eigenvalue weighted by Crippen LogP contribution is -2.47. The smallest absolute Gasteiger partial charge is 0.226 e. The van der Waals surface area contributed by atoms with Crippen LogP contribution < -0.4 is 5.73 Å². The minimum absolute atomic E-state index is 0.0738. The lowest BCUT2D eigenvalue weighted by atomic mass is 9.74. The number of Topliss-reactive ketones (excluding diaryl/α,β-unsaturated/α-hetero) is 1. The van der Waals surface area contributed by atoms with E-state index in [1.54, 1.807) is 0 Å². The van der Waals surface area contributed by atoms with Gasteiger partial charge in [0.25, 0.3) is 0 Å². The summed E-state index contributed by atoms with van der Waals surface area (Å²) in [5.74, 6) is 1.31. The van der Waals surface area contributed by atoms with Gasteiger partial charge in [0, 0.05) is 30.8 Å². The second-order valence-electron chi connectivity index (χ2n) is 12.4. The molecule has 2 saturated carbocycles. The lowest BCUT2D eigenvalue weighted by Gasteiger charge is -2.41. The van der Waals surface area contributed by atoms with Gasteiger partial charge in [0.05, 0.1) is 6.04 Å². The molecule has 1 aromatic rings. The molecule has 2 atom stereocenters. The SMILES string of the molecule is N[C@@H](CC1CCCCC1)C(=O)C[C@@H](CC1CCCCC1)C(=O)N1CCC2(C=Cc3ccccc32)CC1. The molecule has 1 spiro atoms. The van der Waals surface area contributed by atoms with Crippen molar-refractivity contribution in [2.24, 2.45) is 23.5 Å². The molecule has 0 aromatic heterocycles. The summed E-state index contributed by atoms with van der Waals surface area (Å²) in [7, 11) is 0. The highest BCUT2D eigenvalue weighted by atomic mass is 16.2. The number of carbonyl (C=O) groups excluding carboxylic acids is 2. The molecule has 2 N–H and O–H groups in total. The van der Waals surface area contributed by atoms with Gasteiger partial charge in [-0.2, -0.15) is 0 Å². The Morgan fingerprint density at radius 2 is 1.50 bits per heavy atom. The van der Waals surface area contributed by atoms with Crippen molar-refractivity contribution in [3.05, 3.63) is 41.5 Å². The molecule has 1 aliphatic heterocycles. The topological polar surface area (TPSA) is 63.4 Å². The van der Waals surface area contributed by atoms with Gasteiger partial charge >= 0.3 is 0 Å². The van der Waals surface area contributed by atoms with Crippen molar-refractivity contribution < 1.29 is 9.59 Å². The minimum atomic E-state index is -0.403. The van der Waals surface area contributed by atoms with E-state index in [-0.39, 0.29) is 23.0 Å². The number of allylic oxidation sites excluding steroid dienone is 1. The third-order valence-electron chi connectivity index (χ3n) is 9.91. The number of piperidine rings is 1. The van der Waals surface area contributed by atoms with E-state index < -0.39 is 6.04 Å². The molecule has 0 unspecified atom stereocenters. The van der Waals surface area contributed by atoms with E-state index in [1.807, 2.05) is 0 Å². The summed E-state index contributed by atoms with van der Waals surface area (Å²) < 4.78 is 0. The zero-order valence-corrected chi connectivity index (χ0v) is 22.1. The second-order valence-corrected chi connectivity index (χ2v) is 12.4. The third kappa shape index (κ3) is 5.79. The Kier molecular flexibility index (Phi) is 8.30. The Morgan fingerprint density at radius 3 is 2.17 bits per heavy atom. The quantitative estimate of drug-likeness (QED) is 0.457. The molecule has 4 heteroatoms. The zero-order valence-electron chi connectivity index (χ0n) is 22.1. The molecule has 3 aliphatic carbocycles. The van der Waals surface area contributed by atoms with Gasteiger partial charge in [0.2, 0.25) is 5.91 Å². The van der Waals surface area contributed by atoms with E-state index in [2.05, 4.69) is 41.3 Å². The van der Waals surface area contributed by atoms with Crippen LogP contribution in [0.1, 0.15) is 107 Å². The monoisotopic (exact) mass is 490 g/mol. The van der Waals surface area contributed by atoms with Crippen molar-refractivity contribution in [1.82, 2.24) is 4.90 Å². The highest BCUT2D eigenvalue weighted by Crippen LogP contribution is 2.44. The van der Waals surface area contributed by atoms with Crippen LogP contribution in [0.15, 0.2) is 30.3 Å². The summed E-state index contributed by atoms with van der Waals surface area (Å²) in [6.45, 7) is 1.56. The standard InChI is InChI=1S/C32H46N2O2/c33-29(22-25-11-5-2-6-12-25)30(35)23-27(21-24-9-3-1-4-10-24)31(36)34-19-17-32(18-20-34)16-15-26-13-7-8-14-28(26)32/h7-8,13-16,24-25,27,29H,1-6,9-12,17-23,33H2/t27-,29+/m1/s1. The Labute approximate surface area is 218 Å². The fourth-order valence-corrected chi connectivity index (χ4v) is 7.66. The van der Waals surface area contributed by atoms with Gasteiger partial charge in [-0.1, -0.05) is 101 Å². The molecule has 1 amide bonds. The number of fused-ring (bicyclic) bond motifs is 2. The van der Waals surface area contributed by atoms with Crippen molar-refractivity contribution in [3.63, 3.8) is 0 Å². The molecule has 1 heterocycles. The van der Waals surface area contributed by atoms with E-state index in [9.17, 15) is 9.59 Å². The van der Waals surface area contributed by atoms with Crippen LogP contribution in [-0.2, 0) is 15.0 Å². The Bertz CT molecular complexity index is 933. The van der Waals surface area contributed by atoms with Crippen LogP contribution in [0.25, 0.3) is 6.08 Å². The average Bonchev–Trinajstić information content (AvgIpc) is 3.27. The van der Waals surface area contributed by atoms with E-state index in [0.29, 0.717) is 18.3 Å². The molecular weight excluding hydrogens is 444 g/mol. The minimum Gasteiger partial charge on any atom is -0.342 e. The summed E-state index contributed by atoms with van der Waals surface area (Å²) >= 11 is 0. The first kappa shape index (κ1) is 25.7. The molecule has 5 rings (SSSR count). The van der Waals surface area contributed by atoms with Gasteiger partial charge in [-0.15, -0.1) is 0 Å². The molecule has 4 aliphatic rings. The van der Waals surface area contributed by atoms with Crippen LogP contribution in [0.4, 0.5) is 0 Å². The van der Waals surface area contributed by atoms with E-state index in [1.165, 1.54) is 75.3 Å². The fraction of sp³-hybridized carbons (Fsp3) is 0.688. The highest BCUT2D eigenvalue weighted by molar-refractivity contribution is 5.89. The number of benzene rings is 1. The maximum atomic E-state index is 13.9. The van der Waals surface area contributed by atoms with Crippen LogP contribution in [0, 0.1) is 17.8 Å². The number of rotatable bonds is 8. The van der Waals surface area contributed by atoms with Crippen LogP contribution in [0.5, 0.6) is 0 Å². The fourth-order valence-electron chi connectivity index (χ4n) is 7.66. The first-order valence-corrected chi connectivity index (χ1v) is 14.9. The summed E-state index contributed by atoms with van der Waals surface area (Å²) in [5, 5.41) is 0. The van der Waals surface area contributed by atoms with Crippen LogP contribution in [0.3, 0.4) is 0 Å². The van der Waals surface area contributed by atoms with Crippen molar-refractivity contribution >= 4 is 17.8 Å². The van der Waals surface area contributed by atoms with Gasteiger partial charge in [-0.25, -0.2) is 0 Å². The van der Waals surface area contributed by atoms with Crippen LogP contribution in [0.2, 0.25) is 0 Å². The lowest BCUT2D eigenvalue weighted by molar-refractivity contribution is -0.140. The number of likely N-dealkylation sites (tertiary alicyclic amines) is 1. The Balaban J connectivity index is 1.22. The number of ketones is 1. The van der Waals surface area contributed by atoms with Gasteiger partial charge in [0.15, 0.2) is 0 Å². The number of nitrogens with zero attached hydrogens (tertiary/aromatic N) is 1. The van der Waals surface area contributed by atoms with Gasteiger partial charge in [-0.3, -0.25) is 9.59 Å². The van der Waals surface area contributed by atoms with Crippen LogP contribution in [-0.4, -0.2) is 35.7 Å². The number of hydrogen-bond donors (Lipinski definition) is 1. The Morgan fingerprint density at radius 1 is 0.889 bits per heavy atom. The highest BCUT2D eigenvalue weighted by Gasteiger charge is 2.40. The first-order valence-electron chi connectivity index (χ1n) is 14.9. The van der Waals surface area contributed by atoms with Crippen molar-refractivity contribution in [1.29, 1.82) is 0 Å². The summed E-state index contributed by atoms with van der Waals surface area (Å²) in [4.78, 5) is 29.3. The largest absolute Gasteiger partial charge is 0.342 e. The van der Waals surface area contributed by atoms with Crippen molar-refractivity contribution in [2.75, 3.05) is 13.1 Å². The zero-order chi connectivity index (χ0) is 25.0. The predicted octanol–water partition coefficient (Wildman–Crippen LogP) is 6.42. The molecular formula is C32H46N2O2. The van der Waals surface area contributed by atoms with Crippen molar-refractivity contribution in [2.45, 2.75) is 108 Å². The summed E-state index contributed by atoms with van der Waals surface area (Å²) in [6, 6.07) is 8.28. The Hall–Kier alpha value is -1.94. The molecule has 0 radical (unpaired) electrons. The van der Waals surface area contributed by atoms with E-state index >= 15 is 0 Å². The number of carbonyl (C=O) groups is 2. The van der Waals surface area contributed by atoms with Crippen LogP contribution >= 0.6 is 0 Å². The molecule has 196 valence electrons.